The van der Waals surface area contributed by atoms with E-state index in [-0.39, 0.29) is 0 Å². The summed E-state index contributed by atoms with van der Waals surface area (Å²) >= 11 is 0. The molecule has 0 aliphatic heterocycles. The van der Waals surface area contributed by atoms with Gasteiger partial charge in [0.25, 0.3) is 0 Å². The lowest BCUT2D eigenvalue weighted by Crippen LogP contribution is -2.30. The highest BCUT2D eigenvalue weighted by Gasteiger charge is 2.28. The van der Waals surface area contributed by atoms with Crippen molar-refractivity contribution in [2.75, 3.05) is 7.05 Å². The van der Waals surface area contributed by atoms with E-state index in [1.54, 1.807) is 0 Å². The van der Waals surface area contributed by atoms with E-state index in [2.05, 4.69) is 36.4 Å². The van der Waals surface area contributed by atoms with E-state index in [0.29, 0.717) is 6.04 Å². The maximum absolute atomic E-state index is 4.51. The second-order valence-corrected chi connectivity index (χ2v) is 5.22. The third-order valence-electron chi connectivity index (χ3n) is 4.19. The van der Waals surface area contributed by atoms with Crippen LogP contribution in [0.5, 0.6) is 0 Å². The Labute approximate surface area is 105 Å². The molecule has 2 nitrogen and oxygen atoms in total. The van der Waals surface area contributed by atoms with Gasteiger partial charge in [-0.25, -0.2) is 0 Å². The zero-order chi connectivity index (χ0) is 12.1. The maximum Gasteiger partial charge on any atom is 0.0575 e. The lowest BCUT2D eigenvalue weighted by Gasteiger charge is -2.33. The molecule has 0 amide bonds. The molecule has 0 bridgehead atoms. The molecule has 17 heavy (non-hydrogen) atoms. The van der Waals surface area contributed by atoms with Crippen LogP contribution in [0, 0.1) is 11.8 Å². The van der Waals surface area contributed by atoms with Crippen LogP contribution in [0.1, 0.15) is 50.8 Å². The van der Waals surface area contributed by atoms with Gasteiger partial charge < -0.3 is 5.32 Å². The summed E-state index contributed by atoms with van der Waals surface area (Å²) < 4.78 is 0. The molecule has 1 aromatic heterocycles. The summed E-state index contributed by atoms with van der Waals surface area (Å²) in [4.78, 5) is 4.51. The van der Waals surface area contributed by atoms with Gasteiger partial charge in [-0.2, -0.15) is 0 Å². The molecule has 2 rings (SSSR count). The molecule has 2 heteroatoms. The molecule has 1 aliphatic rings. The van der Waals surface area contributed by atoms with E-state index in [1.165, 1.54) is 37.8 Å². The van der Waals surface area contributed by atoms with Crippen LogP contribution in [-0.2, 0) is 0 Å². The zero-order valence-electron chi connectivity index (χ0n) is 11.0. The molecule has 1 saturated carbocycles. The number of hydrogen-bond acceptors (Lipinski definition) is 2. The first-order chi connectivity index (χ1) is 8.35. The topological polar surface area (TPSA) is 24.9 Å². The second kappa shape index (κ2) is 6.15. The summed E-state index contributed by atoms with van der Waals surface area (Å²) in [5.41, 5.74) is 1.21. The first-order valence-corrected chi connectivity index (χ1v) is 6.93. The van der Waals surface area contributed by atoms with Crippen LogP contribution in [0.2, 0.25) is 0 Å². The third kappa shape index (κ3) is 3.06. The van der Waals surface area contributed by atoms with Crippen LogP contribution in [0.3, 0.4) is 0 Å². The molecule has 1 heterocycles. The quantitative estimate of drug-likeness (QED) is 0.858. The highest BCUT2D eigenvalue weighted by Crippen LogP contribution is 2.37. The number of pyridine rings is 1. The van der Waals surface area contributed by atoms with Gasteiger partial charge in [0.1, 0.15) is 0 Å². The molecule has 1 aromatic rings. The van der Waals surface area contributed by atoms with Crippen molar-refractivity contribution < 1.29 is 0 Å². The molecule has 94 valence electrons. The molecule has 3 atom stereocenters. The first kappa shape index (κ1) is 12.6. The van der Waals surface area contributed by atoms with Gasteiger partial charge in [0.05, 0.1) is 11.7 Å². The normalized spacial score (nSPS) is 26.7. The van der Waals surface area contributed by atoms with Gasteiger partial charge in [-0.1, -0.05) is 32.3 Å². The van der Waals surface area contributed by atoms with Crippen molar-refractivity contribution in [1.82, 2.24) is 10.3 Å². The van der Waals surface area contributed by atoms with E-state index in [4.69, 9.17) is 0 Å². The summed E-state index contributed by atoms with van der Waals surface area (Å²) in [6, 6.07) is 6.67. The SMILES string of the molecule is CCC1CCCC(C(NC)c2ccccn2)C1. The van der Waals surface area contributed by atoms with Gasteiger partial charge in [-0.3, -0.25) is 4.98 Å². The van der Waals surface area contributed by atoms with Crippen LogP contribution >= 0.6 is 0 Å². The van der Waals surface area contributed by atoms with Crippen molar-refractivity contribution in [1.29, 1.82) is 0 Å². The lowest BCUT2D eigenvalue weighted by molar-refractivity contribution is 0.212. The molecule has 0 saturated heterocycles. The minimum absolute atomic E-state index is 0.436. The predicted molar refractivity (Wildman–Crippen MR) is 71.8 cm³/mol. The summed E-state index contributed by atoms with van der Waals surface area (Å²) in [5, 5.41) is 3.47. The lowest BCUT2D eigenvalue weighted by atomic mass is 9.76. The van der Waals surface area contributed by atoms with Crippen molar-refractivity contribution in [3.63, 3.8) is 0 Å². The van der Waals surface area contributed by atoms with Gasteiger partial charge in [-0.05, 0) is 43.9 Å². The Kier molecular flexibility index (Phi) is 4.55. The molecule has 0 aromatic carbocycles. The first-order valence-electron chi connectivity index (χ1n) is 6.93. The molecule has 1 aliphatic carbocycles. The number of rotatable bonds is 4. The van der Waals surface area contributed by atoms with Crippen molar-refractivity contribution in [2.45, 2.75) is 45.1 Å². The average molecular weight is 232 g/mol. The molecule has 0 radical (unpaired) electrons. The van der Waals surface area contributed by atoms with Gasteiger partial charge in [0.2, 0.25) is 0 Å². The fourth-order valence-electron chi connectivity index (χ4n) is 3.19. The van der Waals surface area contributed by atoms with Gasteiger partial charge in [0, 0.05) is 6.20 Å². The van der Waals surface area contributed by atoms with Gasteiger partial charge in [0.15, 0.2) is 0 Å². The maximum atomic E-state index is 4.51. The minimum atomic E-state index is 0.436. The summed E-state index contributed by atoms with van der Waals surface area (Å²) in [7, 11) is 2.06. The Balaban J connectivity index is 2.08. The summed E-state index contributed by atoms with van der Waals surface area (Å²) in [6.07, 6.45) is 8.74. The van der Waals surface area contributed by atoms with E-state index in [1.807, 2.05) is 12.3 Å². The number of nitrogens with one attached hydrogen (secondary N) is 1. The Morgan fingerprint density at radius 2 is 2.29 bits per heavy atom. The van der Waals surface area contributed by atoms with Gasteiger partial charge in [-0.15, -0.1) is 0 Å². The molecule has 1 N–H and O–H groups in total. The number of aromatic nitrogens is 1. The van der Waals surface area contributed by atoms with Crippen LogP contribution in [0.15, 0.2) is 24.4 Å². The number of nitrogens with zero attached hydrogens (tertiary/aromatic N) is 1. The highest BCUT2D eigenvalue weighted by molar-refractivity contribution is 5.10. The zero-order valence-corrected chi connectivity index (χ0v) is 11.0. The molecule has 3 unspecified atom stereocenters. The van der Waals surface area contributed by atoms with Crippen LogP contribution in [0.25, 0.3) is 0 Å². The fourth-order valence-corrected chi connectivity index (χ4v) is 3.19. The third-order valence-corrected chi connectivity index (χ3v) is 4.19. The Morgan fingerprint density at radius 1 is 1.41 bits per heavy atom. The average Bonchev–Trinajstić information content (AvgIpc) is 2.41. The summed E-state index contributed by atoms with van der Waals surface area (Å²) in [6.45, 7) is 2.32. The minimum Gasteiger partial charge on any atom is -0.311 e. The van der Waals surface area contributed by atoms with Crippen molar-refractivity contribution in [3.05, 3.63) is 30.1 Å². The van der Waals surface area contributed by atoms with Crippen molar-refractivity contribution in [3.8, 4) is 0 Å². The standard InChI is InChI=1S/C15H24N2/c1-3-12-7-6-8-13(11-12)15(16-2)14-9-4-5-10-17-14/h4-5,9-10,12-13,15-16H,3,6-8,11H2,1-2H3. The van der Waals surface area contributed by atoms with Crippen molar-refractivity contribution in [2.24, 2.45) is 11.8 Å². The molecular weight excluding hydrogens is 208 g/mol. The largest absolute Gasteiger partial charge is 0.311 e. The highest BCUT2D eigenvalue weighted by atomic mass is 14.9. The monoisotopic (exact) mass is 232 g/mol. The van der Waals surface area contributed by atoms with Gasteiger partial charge >= 0.3 is 0 Å². The molecule has 0 spiro atoms. The smallest absolute Gasteiger partial charge is 0.0575 e. The fraction of sp³-hybridized carbons (Fsp3) is 0.667. The van der Waals surface area contributed by atoms with E-state index < -0.39 is 0 Å². The Bertz CT molecular complexity index is 323. The van der Waals surface area contributed by atoms with E-state index >= 15 is 0 Å². The van der Waals surface area contributed by atoms with Crippen molar-refractivity contribution >= 4 is 0 Å². The Morgan fingerprint density at radius 3 is 2.94 bits per heavy atom. The second-order valence-electron chi connectivity index (χ2n) is 5.22. The molecule has 1 fully saturated rings. The Hall–Kier alpha value is -0.890. The molecular formula is C15H24N2. The summed E-state index contributed by atoms with van der Waals surface area (Å²) in [5.74, 6) is 1.68. The predicted octanol–water partition coefficient (Wildman–Crippen LogP) is 3.56. The number of hydrogen-bond donors (Lipinski definition) is 1. The van der Waals surface area contributed by atoms with Crippen LogP contribution in [0.4, 0.5) is 0 Å². The van der Waals surface area contributed by atoms with Crippen LogP contribution < -0.4 is 5.32 Å². The van der Waals surface area contributed by atoms with Crippen LogP contribution in [-0.4, -0.2) is 12.0 Å². The van der Waals surface area contributed by atoms with E-state index in [0.717, 1.165) is 11.8 Å². The van der Waals surface area contributed by atoms with E-state index in [9.17, 15) is 0 Å².